The van der Waals surface area contributed by atoms with Crippen molar-refractivity contribution in [1.29, 1.82) is 0 Å². The number of rotatable bonds is 9. The van der Waals surface area contributed by atoms with Gasteiger partial charge in [-0.1, -0.05) is 60.6 Å². The molecule has 0 aliphatic heterocycles. The summed E-state index contributed by atoms with van der Waals surface area (Å²) in [5.74, 6) is -1.35. The van der Waals surface area contributed by atoms with Crippen molar-refractivity contribution in [1.82, 2.24) is 15.8 Å². The first kappa shape index (κ1) is 23.0. The van der Waals surface area contributed by atoms with Crippen molar-refractivity contribution in [2.24, 2.45) is 0 Å². The van der Waals surface area contributed by atoms with E-state index in [2.05, 4.69) is 40.1 Å². The van der Waals surface area contributed by atoms with Gasteiger partial charge in [0, 0.05) is 24.4 Å². The number of hydrogen-bond acceptors (Lipinski definition) is 6. The van der Waals surface area contributed by atoms with Crippen LogP contribution in [0.4, 0.5) is 4.79 Å². The van der Waals surface area contributed by atoms with Crippen molar-refractivity contribution in [3.05, 3.63) is 77.2 Å². The molecular weight excluding hydrogens is 438 g/mol. The lowest BCUT2D eigenvalue weighted by Crippen LogP contribution is -2.39. The van der Waals surface area contributed by atoms with Crippen LogP contribution in [0.15, 0.2) is 59.1 Å². The number of benzene rings is 2. The van der Waals surface area contributed by atoms with E-state index in [1.54, 1.807) is 0 Å². The molecule has 2 amide bonds. The monoisotopic (exact) mass is 463 g/mol. The molecular formula is C25H25N3O6. The normalized spacial score (nSPS) is 13.0. The van der Waals surface area contributed by atoms with Crippen LogP contribution in [-0.2, 0) is 16.1 Å². The van der Waals surface area contributed by atoms with E-state index in [0.29, 0.717) is 6.42 Å². The SMILES string of the molecule is CC[C@@H](CC(=O)NCc1cc(C(=O)O)no1)NC(=O)OCC1c2ccccc2-c2ccccc21. The lowest BCUT2D eigenvalue weighted by Gasteiger charge is -2.18. The molecule has 0 spiro atoms. The molecule has 0 bridgehead atoms. The maximum absolute atomic E-state index is 12.5. The fourth-order valence-corrected chi connectivity index (χ4v) is 4.08. The Morgan fingerprint density at radius 3 is 2.32 bits per heavy atom. The number of hydrogen-bond donors (Lipinski definition) is 3. The summed E-state index contributed by atoms with van der Waals surface area (Å²) in [6.45, 7) is 2.05. The summed E-state index contributed by atoms with van der Waals surface area (Å²) in [7, 11) is 0. The zero-order valence-corrected chi connectivity index (χ0v) is 18.6. The predicted octanol–water partition coefficient (Wildman–Crippen LogP) is 3.70. The molecule has 1 aliphatic carbocycles. The molecule has 9 nitrogen and oxygen atoms in total. The summed E-state index contributed by atoms with van der Waals surface area (Å²) in [5, 5.41) is 17.6. The molecule has 2 aromatic carbocycles. The highest BCUT2D eigenvalue weighted by Crippen LogP contribution is 2.44. The Morgan fingerprint density at radius 2 is 1.74 bits per heavy atom. The Labute approximate surface area is 196 Å². The minimum Gasteiger partial charge on any atom is -0.476 e. The molecule has 0 radical (unpaired) electrons. The molecule has 1 aliphatic rings. The van der Waals surface area contributed by atoms with Crippen LogP contribution >= 0.6 is 0 Å². The maximum atomic E-state index is 12.5. The smallest absolute Gasteiger partial charge is 0.407 e. The summed E-state index contributed by atoms with van der Waals surface area (Å²) < 4.78 is 10.4. The number of aromatic carboxylic acids is 1. The lowest BCUT2D eigenvalue weighted by atomic mass is 9.98. The quantitative estimate of drug-likeness (QED) is 0.441. The molecule has 176 valence electrons. The van der Waals surface area contributed by atoms with Crippen LogP contribution in [0, 0.1) is 0 Å². The van der Waals surface area contributed by atoms with Crippen molar-refractivity contribution in [3.8, 4) is 11.1 Å². The molecule has 0 saturated heterocycles. The summed E-state index contributed by atoms with van der Waals surface area (Å²) >= 11 is 0. The van der Waals surface area contributed by atoms with E-state index in [1.807, 2.05) is 31.2 Å². The molecule has 34 heavy (non-hydrogen) atoms. The zero-order chi connectivity index (χ0) is 24.1. The van der Waals surface area contributed by atoms with Gasteiger partial charge in [-0.05, 0) is 28.7 Å². The Hall–Kier alpha value is -4.14. The fraction of sp³-hybridized carbons (Fsp3) is 0.280. The number of nitrogens with one attached hydrogen (secondary N) is 2. The largest absolute Gasteiger partial charge is 0.476 e. The van der Waals surface area contributed by atoms with Gasteiger partial charge >= 0.3 is 12.1 Å². The lowest BCUT2D eigenvalue weighted by molar-refractivity contribution is -0.121. The van der Waals surface area contributed by atoms with Gasteiger partial charge in [-0.2, -0.15) is 0 Å². The summed E-state index contributed by atoms with van der Waals surface area (Å²) in [5.41, 5.74) is 4.32. The second kappa shape index (κ2) is 10.2. The second-order valence-corrected chi connectivity index (χ2v) is 8.04. The molecule has 1 heterocycles. The van der Waals surface area contributed by atoms with Crippen LogP contribution in [0.1, 0.15) is 53.1 Å². The highest BCUT2D eigenvalue weighted by atomic mass is 16.5. The standard InChI is InChI=1S/C25H25N3O6/c1-2-15(11-23(29)26-13-16-12-22(24(30)31)28-34-16)27-25(32)33-14-21-19-9-5-3-7-17(19)18-8-4-6-10-20(18)21/h3-10,12,15,21H,2,11,13-14H2,1H3,(H,26,29)(H,27,32)(H,30,31)/t15-/m0/s1. The number of ether oxygens (including phenoxy) is 1. The van der Waals surface area contributed by atoms with Gasteiger partial charge in [0.1, 0.15) is 6.61 Å². The van der Waals surface area contributed by atoms with Gasteiger partial charge in [-0.25, -0.2) is 9.59 Å². The predicted molar refractivity (Wildman–Crippen MR) is 122 cm³/mol. The minimum absolute atomic E-state index is 0.000488. The van der Waals surface area contributed by atoms with Gasteiger partial charge in [0.05, 0.1) is 6.54 Å². The van der Waals surface area contributed by atoms with Crippen molar-refractivity contribution in [3.63, 3.8) is 0 Å². The van der Waals surface area contributed by atoms with E-state index in [0.717, 1.165) is 22.3 Å². The Balaban J connectivity index is 1.28. The van der Waals surface area contributed by atoms with E-state index in [1.165, 1.54) is 6.07 Å². The third kappa shape index (κ3) is 5.09. The topological polar surface area (TPSA) is 131 Å². The highest BCUT2D eigenvalue weighted by Gasteiger charge is 2.29. The molecule has 1 atom stereocenters. The fourth-order valence-electron chi connectivity index (χ4n) is 4.08. The van der Waals surface area contributed by atoms with E-state index in [4.69, 9.17) is 14.4 Å². The Morgan fingerprint density at radius 1 is 1.09 bits per heavy atom. The van der Waals surface area contributed by atoms with Crippen molar-refractivity contribution < 1.29 is 28.8 Å². The molecule has 9 heteroatoms. The molecule has 0 fully saturated rings. The molecule has 0 unspecified atom stereocenters. The van der Waals surface area contributed by atoms with E-state index >= 15 is 0 Å². The van der Waals surface area contributed by atoms with Crippen LogP contribution in [0.25, 0.3) is 11.1 Å². The average Bonchev–Trinajstić information content (AvgIpc) is 3.44. The van der Waals surface area contributed by atoms with Gasteiger partial charge in [0.25, 0.3) is 0 Å². The van der Waals surface area contributed by atoms with E-state index < -0.39 is 18.1 Å². The van der Waals surface area contributed by atoms with Crippen LogP contribution in [-0.4, -0.2) is 40.9 Å². The number of amides is 2. The Kier molecular flexibility index (Phi) is 6.91. The van der Waals surface area contributed by atoms with Gasteiger partial charge in [0.2, 0.25) is 5.91 Å². The summed E-state index contributed by atoms with van der Waals surface area (Å²) in [6, 6.07) is 17.0. The highest BCUT2D eigenvalue weighted by molar-refractivity contribution is 5.85. The van der Waals surface area contributed by atoms with Crippen LogP contribution in [0.3, 0.4) is 0 Å². The van der Waals surface area contributed by atoms with Crippen LogP contribution < -0.4 is 10.6 Å². The van der Waals surface area contributed by atoms with Crippen molar-refractivity contribution in [2.45, 2.75) is 38.3 Å². The number of carbonyl (C=O) groups excluding carboxylic acids is 2. The third-order valence-corrected chi connectivity index (χ3v) is 5.83. The summed E-state index contributed by atoms with van der Waals surface area (Å²) in [6.07, 6.45) is -0.00758. The van der Waals surface area contributed by atoms with Crippen LogP contribution in [0.2, 0.25) is 0 Å². The summed E-state index contributed by atoms with van der Waals surface area (Å²) in [4.78, 5) is 35.6. The first-order chi connectivity index (χ1) is 16.5. The average molecular weight is 463 g/mol. The number of alkyl carbamates (subject to hydrolysis) is 1. The molecule has 4 rings (SSSR count). The third-order valence-electron chi connectivity index (χ3n) is 5.83. The number of carbonyl (C=O) groups is 3. The van der Waals surface area contributed by atoms with E-state index in [-0.39, 0.29) is 42.9 Å². The number of carboxylic acid groups (broad SMARTS) is 1. The van der Waals surface area contributed by atoms with Gasteiger partial charge < -0.3 is 25.0 Å². The number of nitrogens with zero attached hydrogens (tertiary/aromatic N) is 1. The molecule has 0 saturated carbocycles. The minimum atomic E-state index is -1.21. The van der Waals surface area contributed by atoms with Gasteiger partial charge in [-0.15, -0.1) is 0 Å². The second-order valence-electron chi connectivity index (χ2n) is 8.04. The maximum Gasteiger partial charge on any atom is 0.407 e. The number of fused-ring (bicyclic) bond motifs is 3. The van der Waals surface area contributed by atoms with Crippen molar-refractivity contribution >= 4 is 18.0 Å². The molecule has 3 N–H and O–H groups in total. The number of aromatic nitrogens is 1. The first-order valence-corrected chi connectivity index (χ1v) is 11.0. The zero-order valence-electron chi connectivity index (χ0n) is 18.6. The molecule has 1 aromatic heterocycles. The first-order valence-electron chi connectivity index (χ1n) is 11.0. The molecule has 3 aromatic rings. The van der Waals surface area contributed by atoms with Gasteiger partial charge in [-0.3, -0.25) is 4.79 Å². The van der Waals surface area contributed by atoms with E-state index in [9.17, 15) is 14.4 Å². The van der Waals surface area contributed by atoms with Crippen molar-refractivity contribution in [2.75, 3.05) is 6.61 Å². The Bertz CT molecular complexity index is 1160. The van der Waals surface area contributed by atoms with Crippen LogP contribution in [0.5, 0.6) is 0 Å². The number of carboxylic acids is 1. The van der Waals surface area contributed by atoms with Gasteiger partial charge in [0.15, 0.2) is 11.5 Å².